The van der Waals surface area contributed by atoms with Gasteiger partial charge < -0.3 is 5.11 Å². The van der Waals surface area contributed by atoms with Gasteiger partial charge >= 0.3 is 0 Å². The summed E-state index contributed by atoms with van der Waals surface area (Å²) in [6.07, 6.45) is 4.84. The lowest BCUT2D eigenvalue weighted by atomic mass is 10.0. The molecule has 1 aromatic rings. The molecule has 1 fully saturated rings. The summed E-state index contributed by atoms with van der Waals surface area (Å²) in [5.74, 6) is 5.86. The zero-order chi connectivity index (χ0) is 15.1. The van der Waals surface area contributed by atoms with Crippen LogP contribution in [-0.2, 0) is 10.0 Å². The van der Waals surface area contributed by atoms with Gasteiger partial charge in [-0.1, -0.05) is 31.2 Å². The van der Waals surface area contributed by atoms with E-state index in [4.69, 9.17) is 5.11 Å². The monoisotopic (exact) mass is 308 g/mol. The van der Waals surface area contributed by atoms with Crippen molar-refractivity contribution in [3.05, 3.63) is 23.9 Å². The Morgan fingerprint density at radius 3 is 2.76 bits per heavy atom. The van der Waals surface area contributed by atoms with Crippen LogP contribution >= 0.6 is 0 Å². The quantitative estimate of drug-likeness (QED) is 0.833. The topological polar surface area (TPSA) is 79.3 Å². The van der Waals surface area contributed by atoms with Crippen molar-refractivity contribution in [2.24, 2.45) is 0 Å². The zero-order valence-electron chi connectivity index (χ0n) is 11.9. The standard InChI is InChI=1S/C15H20N2O3S/c18-12-5-4-7-13-8-6-11-15(16-13)17-21(19,20)14-9-2-1-3-10-14/h6,8,11,14,18H,1-3,5,9-10,12H2,(H,16,17). The number of rotatable bonds is 4. The highest BCUT2D eigenvalue weighted by molar-refractivity contribution is 7.93. The van der Waals surface area contributed by atoms with Crippen molar-refractivity contribution in [1.82, 2.24) is 4.98 Å². The van der Waals surface area contributed by atoms with Crippen molar-refractivity contribution in [2.45, 2.75) is 43.8 Å². The minimum atomic E-state index is -3.38. The molecule has 1 heterocycles. The van der Waals surface area contributed by atoms with Crippen LogP contribution < -0.4 is 4.72 Å². The Morgan fingerprint density at radius 2 is 2.05 bits per heavy atom. The lowest BCUT2D eigenvalue weighted by molar-refractivity contribution is 0.305. The number of aliphatic hydroxyl groups is 1. The summed E-state index contributed by atoms with van der Waals surface area (Å²) in [6, 6.07) is 5.05. The molecule has 0 aliphatic heterocycles. The maximum atomic E-state index is 12.3. The number of aliphatic hydroxyl groups excluding tert-OH is 1. The number of hydrogen-bond donors (Lipinski definition) is 2. The molecule has 0 atom stereocenters. The average molecular weight is 308 g/mol. The van der Waals surface area contributed by atoms with E-state index in [0.29, 0.717) is 30.8 Å². The Kier molecular flexibility index (Phi) is 5.59. The molecule has 2 N–H and O–H groups in total. The molecule has 21 heavy (non-hydrogen) atoms. The first-order valence-corrected chi connectivity index (χ1v) is 8.75. The maximum Gasteiger partial charge on any atom is 0.236 e. The number of sulfonamides is 1. The second-order valence-corrected chi connectivity index (χ2v) is 7.05. The first-order chi connectivity index (χ1) is 10.1. The van der Waals surface area contributed by atoms with E-state index in [9.17, 15) is 8.42 Å². The minimum Gasteiger partial charge on any atom is -0.395 e. The largest absolute Gasteiger partial charge is 0.395 e. The third-order valence-corrected chi connectivity index (χ3v) is 5.28. The molecule has 0 aromatic carbocycles. The number of nitrogens with zero attached hydrogens (tertiary/aromatic N) is 1. The van der Waals surface area contributed by atoms with Gasteiger partial charge in [0.1, 0.15) is 11.5 Å². The smallest absolute Gasteiger partial charge is 0.236 e. The first-order valence-electron chi connectivity index (χ1n) is 7.20. The lowest BCUT2D eigenvalue weighted by Crippen LogP contribution is -2.30. The van der Waals surface area contributed by atoms with Crippen LogP contribution in [-0.4, -0.2) is 30.4 Å². The second-order valence-electron chi connectivity index (χ2n) is 5.09. The van der Waals surface area contributed by atoms with Gasteiger partial charge in [0.2, 0.25) is 10.0 Å². The summed E-state index contributed by atoms with van der Waals surface area (Å²) < 4.78 is 27.2. The first kappa shape index (κ1) is 15.8. The molecule has 0 amide bonds. The van der Waals surface area contributed by atoms with Crippen LogP contribution in [0.4, 0.5) is 5.82 Å². The second kappa shape index (κ2) is 7.43. The van der Waals surface area contributed by atoms with Crippen LogP contribution in [0.25, 0.3) is 0 Å². The molecule has 1 aromatic heterocycles. The van der Waals surface area contributed by atoms with Gasteiger partial charge in [-0.15, -0.1) is 0 Å². The Balaban J connectivity index is 2.08. The number of nitrogens with one attached hydrogen (secondary N) is 1. The van der Waals surface area contributed by atoms with Gasteiger partial charge in [-0.3, -0.25) is 4.72 Å². The third kappa shape index (κ3) is 4.73. The summed E-state index contributed by atoms with van der Waals surface area (Å²) >= 11 is 0. The molecule has 5 nitrogen and oxygen atoms in total. The van der Waals surface area contributed by atoms with Crippen LogP contribution in [0.5, 0.6) is 0 Å². The van der Waals surface area contributed by atoms with E-state index < -0.39 is 10.0 Å². The van der Waals surface area contributed by atoms with Gasteiger partial charge in [-0.25, -0.2) is 13.4 Å². The molecule has 6 heteroatoms. The molecule has 1 aliphatic carbocycles. The van der Waals surface area contributed by atoms with Gasteiger partial charge in [-0.05, 0) is 30.9 Å². The molecule has 0 unspecified atom stereocenters. The number of hydrogen-bond acceptors (Lipinski definition) is 4. The summed E-state index contributed by atoms with van der Waals surface area (Å²) in [6.45, 7) is 0.000992. The van der Waals surface area contributed by atoms with Crippen LogP contribution in [0.3, 0.4) is 0 Å². The maximum absolute atomic E-state index is 12.3. The number of anilines is 1. The van der Waals surface area contributed by atoms with Crippen molar-refractivity contribution in [1.29, 1.82) is 0 Å². The molecular formula is C15H20N2O3S. The molecule has 0 bridgehead atoms. The molecule has 0 saturated heterocycles. The SMILES string of the molecule is O=S(=O)(Nc1cccc(C#CCCO)n1)C1CCCCC1. The molecule has 114 valence electrons. The minimum absolute atomic E-state index is 0.000992. The summed E-state index contributed by atoms with van der Waals surface area (Å²) in [4.78, 5) is 4.18. The average Bonchev–Trinajstić information content (AvgIpc) is 2.48. The Bertz CT molecular complexity index is 626. The Hall–Kier alpha value is -1.58. The Labute approximate surface area is 125 Å². The van der Waals surface area contributed by atoms with Gasteiger partial charge in [0.05, 0.1) is 11.9 Å². The van der Waals surface area contributed by atoms with Crippen molar-refractivity contribution < 1.29 is 13.5 Å². The van der Waals surface area contributed by atoms with Crippen LogP contribution in [0.15, 0.2) is 18.2 Å². The van der Waals surface area contributed by atoms with Crippen LogP contribution in [0.1, 0.15) is 44.2 Å². The van der Waals surface area contributed by atoms with E-state index in [1.807, 2.05) is 0 Å². The van der Waals surface area contributed by atoms with Crippen molar-refractivity contribution >= 4 is 15.8 Å². The summed E-state index contributed by atoms with van der Waals surface area (Å²) in [5.41, 5.74) is 0.493. The van der Waals surface area contributed by atoms with Crippen molar-refractivity contribution in [3.63, 3.8) is 0 Å². The lowest BCUT2D eigenvalue weighted by Gasteiger charge is -2.22. The number of aromatic nitrogens is 1. The van der Waals surface area contributed by atoms with Gasteiger partial charge in [0.25, 0.3) is 0 Å². The van der Waals surface area contributed by atoms with Crippen molar-refractivity contribution in [3.8, 4) is 11.8 Å². The van der Waals surface area contributed by atoms with E-state index in [0.717, 1.165) is 19.3 Å². The predicted molar refractivity (Wildman–Crippen MR) is 82.2 cm³/mol. The fraction of sp³-hybridized carbons (Fsp3) is 0.533. The fourth-order valence-electron chi connectivity index (χ4n) is 2.37. The Morgan fingerprint density at radius 1 is 1.29 bits per heavy atom. The highest BCUT2D eigenvalue weighted by atomic mass is 32.2. The van der Waals surface area contributed by atoms with E-state index in [2.05, 4.69) is 21.5 Å². The van der Waals surface area contributed by atoms with Crippen LogP contribution in [0.2, 0.25) is 0 Å². The predicted octanol–water partition coefficient (Wildman–Crippen LogP) is 1.89. The molecular weight excluding hydrogens is 288 g/mol. The highest BCUT2D eigenvalue weighted by Gasteiger charge is 2.27. The fourth-order valence-corrected chi connectivity index (χ4v) is 3.90. The van der Waals surface area contributed by atoms with Gasteiger partial charge in [-0.2, -0.15) is 0 Å². The van der Waals surface area contributed by atoms with Crippen molar-refractivity contribution in [2.75, 3.05) is 11.3 Å². The zero-order valence-corrected chi connectivity index (χ0v) is 12.7. The highest BCUT2D eigenvalue weighted by Crippen LogP contribution is 2.24. The normalized spacial score (nSPS) is 16.0. The van der Waals surface area contributed by atoms with E-state index in [1.165, 1.54) is 0 Å². The van der Waals surface area contributed by atoms with Gasteiger partial charge in [0, 0.05) is 6.42 Å². The molecule has 1 saturated carbocycles. The van der Waals surface area contributed by atoms with E-state index in [-0.39, 0.29) is 11.9 Å². The van der Waals surface area contributed by atoms with E-state index >= 15 is 0 Å². The molecule has 0 radical (unpaired) electrons. The molecule has 1 aliphatic rings. The van der Waals surface area contributed by atoms with Gasteiger partial charge in [0.15, 0.2) is 0 Å². The van der Waals surface area contributed by atoms with E-state index in [1.54, 1.807) is 18.2 Å². The van der Waals surface area contributed by atoms with Crippen LogP contribution in [0, 0.1) is 11.8 Å². The summed E-state index contributed by atoms with van der Waals surface area (Å²) in [7, 11) is -3.38. The molecule has 2 rings (SSSR count). The number of pyridine rings is 1. The molecule has 0 spiro atoms. The summed E-state index contributed by atoms with van der Waals surface area (Å²) in [5, 5.41) is 8.36. The third-order valence-electron chi connectivity index (χ3n) is 3.44.